The highest BCUT2D eigenvalue weighted by Crippen LogP contribution is 2.11. The third kappa shape index (κ3) is 4.51. The normalized spacial score (nSPS) is 18.7. The molecule has 0 bridgehead atoms. The minimum absolute atomic E-state index is 0.00707. The van der Waals surface area contributed by atoms with Gasteiger partial charge in [-0.1, -0.05) is 0 Å². The second-order valence-electron chi connectivity index (χ2n) is 2.96. The lowest BCUT2D eigenvalue weighted by Crippen LogP contribution is -2.37. The summed E-state index contributed by atoms with van der Waals surface area (Å²) in [7, 11) is 0. The van der Waals surface area contributed by atoms with Crippen LogP contribution in [0.15, 0.2) is 0 Å². The van der Waals surface area contributed by atoms with Crippen LogP contribution < -0.4 is 5.73 Å². The van der Waals surface area contributed by atoms with Crippen LogP contribution >= 0.6 is 0 Å². The van der Waals surface area contributed by atoms with E-state index in [2.05, 4.69) is 0 Å². The van der Waals surface area contributed by atoms with Gasteiger partial charge in [0.1, 0.15) is 6.10 Å². The van der Waals surface area contributed by atoms with E-state index >= 15 is 0 Å². The topological polar surface area (TPSA) is 127 Å². The second kappa shape index (κ2) is 6.25. The zero-order valence-corrected chi connectivity index (χ0v) is 7.24. The molecule has 0 rings (SSSR count). The molecule has 0 aromatic rings. The van der Waals surface area contributed by atoms with Crippen LogP contribution in [-0.2, 0) is 0 Å². The first kappa shape index (κ1) is 12.8. The highest BCUT2D eigenvalue weighted by Gasteiger charge is 2.23. The summed E-state index contributed by atoms with van der Waals surface area (Å²) in [6.45, 7) is -0.577. The Kier molecular flexibility index (Phi) is 6.13. The lowest BCUT2D eigenvalue weighted by molar-refractivity contribution is -0.103. The summed E-state index contributed by atoms with van der Waals surface area (Å²) in [5.41, 5.74) is 5.19. The average molecular weight is 195 g/mol. The van der Waals surface area contributed by atoms with Gasteiger partial charge in [0, 0.05) is 12.5 Å². The summed E-state index contributed by atoms with van der Waals surface area (Å²) in [5, 5.41) is 44.1. The van der Waals surface area contributed by atoms with Crippen LogP contribution in [0.1, 0.15) is 6.42 Å². The van der Waals surface area contributed by atoms with Crippen molar-refractivity contribution in [3.05, 3.63) is 0 Å². The first-order chi connectivity index (χ1) is 6.02. The van der Waals surface area contributed by atoms with Crippen molar-refractivity contribution in [1.29, 1.82) is 0 Å². The molecule has 0 amide bonds. The maximum Gasteiger partial charge on any atom is 0.155 e. The van der Waals surface area contributed by atoms with Gasteiger partial charge in [0.25, 0.3) is 0 Å². The van der Waals surface area contributed by atoms with Gasteiger partial charge in [-0.2, -0.15) is 0 Å². The van der Waals surface area contributed by atoms with E-state index < -0.39 is 31.0 Å². The molecule has 0 aliphatic rings. The van der Waals surface area contributed by atoms with E-state index in [0.29, 0.717) is 0 Å². The molecule has 0 radical (unpaired) electrons. The van der Waals surface area contributed by atoms with E-state index in [9.17, 15) is 5.11 Å². The Bertz CT molecular complexity index is 132. The van der Waals surface area contributed by atoms with E-state index in [4.69, 9.17) is 26.2 Å². The highest BCUT2D eigenvalue weighted by atomic mass is 16.5. The Morgan fingerprint density at radius 3 is 1.85 bits per heavy atom. The lowest BCUT2D eigenvalue weighted by atomic mass is 9.98. The SMILES string of the molecule is NCC(C[C@H](O)[C@H](O)CO)C(O)O. The van der Waals surface area contributed by atoms with Crippen LogP contribution in [0.3, 0.4) is 0 Å². The molecule has 0 saturated heterocycles. The Labute approximate surface area is 76.2 Å². The van der Waals surface area contributed by atoms with Crippen molar-refractivity contribution >= 4 is 0 Å². The number of aliphatic hydroxyl groups excluding tert-OH is 4. The Morgan fingerprint density at radius 2 is 1.54 bits per heavy atom. The van der Waals surface area contributed by atoms with Gasteiger partial charge in [0.05, 0.1) is 12.7 Å². The maximum absolute atomic E-state index is 9.18. The van der Waals surface area contributed by atoms with Gasteiger partial charge in [-0.05, 0) is 6.42 Å². The molecule has 0 aromatic carbocycles. The van der Waals surface area contributed by atoms with Crippen molar-refractivity contribution in [3.63, 3.8) is 0 Å². The molecule has 0 heterocycles. The van der Waals surface area contributed by atoms with Crippen LogP contribution in [0.2, 0.25) is 0 Å². The molecule has 3 atom stereocenters. The van der Waals surface area contributed by atoms with Gasteiger partial charge >= 0.3 is 0 Å². The first-order valence-corrected chi connectivity index (χ1v) is 4.06. The molecule has 0 aromatic heterocycles. The third-order valence-corrected chi connectivity index (χ3v) is 1.90. The van der Waals surface area contributed by atoms with Gasteiger partial charge in [-0.15, -0.1) is 0 Å². The summed E-state index contributed by atoms with van der Waals surface area (Å²) < 4.78 is 0. The average Bonchev–Trinajstić information content (AvgIpc) is 2.11. The summed E-state index contributed by atoms with van der Waals surface area (Å²) in [4.78, 5) is 0. The number of rotatable bonds is 6. The van der Waals surface area contributed by atoms with Crippen molar-refractivity contribution < 1.29 is 25.5 Å². The highest BCUT2D eigenvalue weighted by molar-refractivity contribution is 4.72. The van der Waals surface area contributed by atoms with Crippen LogP contribution in [0, 0.1) is 5.92 Å². The fourth-order valence-corrected chi connectivity index (χ4v) is 0.929. The molecule has 6 heteroatoms. The standard InChI is InChI=1S/C7H17NO5/c8-2-4(7(12)13)1-5(10)6(11)3-9/h4-7,9-13H,1-3,8H2/t4?,5-,6+/m0/s1. The molecule has 1 unspecified atom stereocenters. The molecule has 0 saturated carbocycles. The molecule has 7 N–H and O–H groups in total. The van der Waals surface area contributed by atoms with Crippen molar-refractivity contribution in [2.45, 2.75) is 24.9 Å². The molecule has 0 fully saturated rings. The molecule has 0 aliphatic heterocycles. The molecule has 6 nitrogen and oxygen atoms in total. The number of hydrogen-bond donors (Lipinski definition) is 6. The smallest absolute Gasteiger partial charge is 0.155 e. The van der Waals surface area contributed by atoms with Gasteiger partial charge in [-0.3, -0.25) is 0 Å². The van der Waals surface area contributed by atoms with E-state index in [1.807, 2.05) is 0 Å². The van der Waals surface area contributed by atoms with Gasteiger partial charge in [0.2, 0.25) is 0 Å². The molecule has 80 valence electrons. The van der Waals surface area contributed by atoms with E-state index in [1.54, 1.807) is 0 Å². The second-order valence-corrected chi connectivity index (χ2v) is 2.96. The fourth-order valence-electron chi connectivity index (χ4n) is 0.929. The van der Waals surface area contributed by atoms with Crippen molar-refractivity contribution in [1.82, 2.24) is 0 Å². The third-order valence-electron chi connectivity index (χ3n) is 1.90. The minimum Gasteiger partial charge on any atom is -0.394 e. The van der Waals surface area contributed by atoms with Gasteiger partial charge in [0.15, 0.2) is 6.29 Å². The number of aliphatic hydroxyl groups is 5. The summed E-state index contributed by atoms with van der Waals surface area (Å²) >= 11 is 0. The minimum atomic E-state index is -1.62. The van der Waals surface area contributed by atoms with E-state index in [-0.39, 0.29) is 13.0 Å². The van der Waals surface area contributed by atoms with E-state index in [0.717, 1.165) is 0 Å². The zero-order valence-electron chi connectivity index (χ0n) is 7.24. The van der Waals surface area contributed by atoms with Crippen molar-refractivity contribution in [2.75, 3.05) is 13.2 Å². The Morgan fingerprint density at radius 1 is 1.00 bits per heavy atom. The van der Waals surface area contributed by atoms with Gasteiger partial charge < -0.3 is 31.3 Å². The lowest BCUT2D eigenvalue weighted by Gasteiger charge is -2.22. The molecule has 0 aliphatic carbocycles. The van der Waals surface area contributed by atoms with Crippen molar-refractivity contribution in [2.24, 2.45) is 11.7 Å². The predicted molar refractivity (Wildman–Crippen MR) is 44.5 cm³/mol. The summed E-state index contributed by atoms with van der Waals surface area (Å²) in [6.07, 6.45) is -4.14. The molecular formula is C7H17NO5. The molecular weight excluding hydrogens is 178 g/mol. The number of nitrogens with two attached hydrogens (primary N) is 1. The summed E-state index contributed by atoms with van der Waals surface area (Å²) in [5.74, 6) is -0.698. The first-order valence-electron chi connectivity index (χ1n) is 4.06. The summed E-state index contributed by atoms with van der Waals surface area (Å²) in [6, 6.07) is 0. The fraction of sp³-hybridized carbons (Fsp3) is 1.00. The van der Waals surface area contributed by atoms with Gasteiger partial charge in [-0.25, -0.2) is 0 Å². The number of hydrogen-bond acceptors (Lipinski definition) is 6. The largest absolute Gasteiger partial charge is 0.394 e. The van der Waals surface area contributed by atoms with Crippen molar-refractivity contribution in [3.8, 4) is 0 Å². The van der Waals surface area contributed by atoms with Crippen LogP contribution in [-0.4, -0.2) is 57.2 Å². The van der Waals surface area contributed by atoms with Crippen LogP contribution in [0.5, 0.6) is 0 Å². The Balaban J connectivity index is 3.93. The predicted octanol–water partition coefficient (Wildman–Crippen LogP) is -3.02. The van der Waals surface area contributed by atoms with E-state index in [1.165, 1.54) is 0 Å². The van der Waals surface area contributed by atoms with Crippen LogP contribution in [0.4, 0.5) is 0 Å². The van der Waals surface area contributed by atoms with Crippen LogP contribution in [0.25, 0.3) is 0 Å². The maximum atomic E-state index is 9.18. The monoisotopic (exact) mass is 195 g/mol. The quantitative estimate of drug-likeness (QED) is 0.250. The zero-order chi connectivity index (χ0) is 10.4. The molecule has 0 spiro atoms. The molecule has 13 heavy (non-hydrogen) atoms. The Hall–Kier alpha value is -0.240.